The minimum absolute atomic E-state index is 0.0510. The van der Waals surface area contributed by atoms with Crippen molar-refractivity contribution >= 4 is 35.0 Å². The summed E-state index contributed by atoms with van der Waals surface area (Å²) in [6.45, 7) is 0.101. The monoisotopic (exact) mass is 449 g/mol. The van der Waals surface area contributed by atoms with Gasteiger partial charge in [-0.25, -0.2) is 9.37 Å². The van der Waals surface area contributed by atoms with Gasteiger partial charge in [0, 0.05) is 13.0 Å². The minimum Gasteiger partial charge on any atom is -0.355 e. The second-order valence-corrected chi connectivity index (χ2v) is 7.20. The molecule has 11 heteroatoms. The zero-order chi connectivity index (χ0) is 21.3. The summed E-state index contributed by atoms with van der Waals surface area (Å²) in [6, 6.07) is 4.54. The molecule has 5 nitrogen and oxygen atoms in total. The van der Waals surface area contributed by atoms with Crippen molar-refractivity contribution in [3.63, 3.8) is 0 Å². The summed E-state index contributed by atoms with van der Waals surface area (Å²) in [7, 11) is 0. The number of rotatable bonds is 4. The summed E-state index contributed by atoms with van der Waals surface area (Å²) in [5.41, 5.74) is -1.28. The molecule has 1 aromatic heterocycles. The Labute approximate surface area is 172 Å². The van der Waals surface area contributed by atoms with Gasteiger partial charge in [0.05, 0.1) is 27.7 Å². The Morgan fingerprint density at radius 2 is 1.93 bits per heavy atom. The van der Waals surface area contributed by atoms with Gasteiger partial charge >= 0.3 is 6.18 Å². The average Bonchev–Trinajstić information content (AvgIpc) is 3.08. The predicted octanol–water partition coefficient (Wildman–Crippen LogP) is 3.89. The normalized spacial score (nSPS) is 17.7. The molecule has 0 spiro atoms. The first-order valence-corrected chi connectivity index (χ1v) is 9.07. The van der Waals surface area contributed by atoms with Crippen molar-refractivity contribution in [2.75, 3.05) is 6.54 Å². The minimum atomic E-state index is -4.82. The molecule has 0 unspecified atom stereocenters. The molecule has 1 aliphatic heterocycles. The first kappa shape index (κ1) is 21.3. The molecule has 0 saturated carbocycles. The van der Waals surface area contributed by atoms with Crippen molar-refractivity contribution in [2.24, 2.45) is 5.92 Å². The lowest BCUT2D eigenvalue weighted by atomic mass is 10.0. The van der Waals surface area contributed by atoms with Crippen LogP contribution in [0.15, 0.2) is 30.3 Å². The van der Waals surface area contributed by atoms with Crippen molar-refractivity contribution in [1.82, 2.24) is 15.6 Å². The van der Waals surface area contributed by atoms with Gasteiger partial charge in [0.25, 0.3) is 0 Å². The maximum atomic E-state index is 13.5. The molecule has 1 aromatic carbocycles. The van der Waals surface area contributed by atoms with Crippen LogP contribution in [-0.2, 0) is 15.8 Å². The van der Waals surface area contributed by atoms with Crippen LogP contribution in [0.4, 0.5) is 17.6 Å². The SMILES string of the molecule is O=C1C[C@H](C(=O)N[C@@H](c2ccc(F)c(Cl)c2)c2ccc(Cl)c(C(F)(F)F)n2)CN1. The van der Waals surface area contributed by atoms with Crippen LogP contribution >= 0.6 is 23.2 Å². The van der Waals surface area contributed by atoms with Gasteiger partial charge in [-0.2, -0.15) is 13.2 Å². The van der Waals surface area contributed by atoms with Gasteiger partial charge in [-0.1, -0.05) is 29.3 Å². The second kappa shape index (κ2) is 8.16. The van der Waals surface area contributed by atoms with Crippen LogP contribution in [0.1, 0.15) is 29.4 Å². The fourth-order valence-electron chi connectivity index (χ4n) is 2.89. The highest BCUT2D eigenvalue weighted by atomic mass is 35.5. The molecule has 0 bridgehead atoms. The van der Waals surface area contributed by atoms with Crippen LogP contribution in [0, 0.1) is 11.7 Å². The summed E-state index contributed by atoms with van der Waals surface area (Å²) in [5, 5.41) is 4.20. The summed E-state index contributed by atoms with van der Waals surface area (Å²) in [6.07, 6.45) is -4.87. The molecule has 2 aromatic rings. The van der Waals surface area contributed by atoms with E-state index in [1.54, 1.807) is 0 Å². The fraction of sp³-hybridized carbons (Fsp3) is 0.278. The summed E-state index contributed by atoms with van der Waals surface area (Å²) in [5.74, 6) is -2.31. The van der Waals surface area contributed by atoms with E-state index in [2.05, 4.69) is 15.6 Å². The highest BCUT2D eigenvalue weighted by Crippen LogP contribution is 2.35. The maximum absolute atomic E-state index is 13.5. The van der Waals surface area contributed by atoms with Crippen LogP contribution in [0.3, 0.4) is 0 Å². The third-order valence-electron chi connectivity index (χ3n) is 4.34. The Morgan fingerprint density at radius 3 is 2.52 bits per heavy atom. The van der Waals surface area contributed by atoms with Crippen molar-refractivity contribution in [2.45, 2.75) is 18.6 Å². The number of halogens is 6. The molecule has 1 aliphatic rings. The molecular formula is C18H13Cl2F4N3O2. The number of aromatic nitrogens is 1. The van der Waals surface area contributed by atoms with Crippen molar-refractivity contribution in [1.29, 1.82) is 0 Å². The third kappa shape index (κ3) is 4.79. The van der Waals surface area contributed by atoms with E-state index in [4.69, 9.17) is 23.2 Å². The van der Waals surface area contributed by atoms with E-state index in [0.29, 0.717) is 0 Å². The highest BCUT2D eigenvalue weighted by Gasteiger charge is 2.37. The summed E-state index contributed by atoms with van der Waals surface area (Å²) < 4.78 is 53.2. The molecule has 0 radical (unpaired) electrons. The number of hydrogen-bond donors (Lipinski definition) is 2. The Kier molecular flexibility index (Phi) is 6.00. The average molecular weight is 450 g/mol. The fourth-order valence-corrected chi connectivity index (χ4v) is 3.29. The van der Waals surface area contributed by atoms with Crippen molar-refractivity contribution < 1.29 is 27.2 Å². The van der Waals surface area contributed by atoms with E-state index in [-0.39, 0.29) is 35.2 Å². The summed E-state index contributed by atoms with van der Waals surface area (Å²) in [4.78, 5) is 27.5. The second-order valence-electron chi connectivity index (χ2n) is 6.38. The lowest BCUT2D eigenvalue weighted by Crippen LogP contribution is -2.36. The van der Waals surface area contributed by atoms with Crippen LogP contribution in [0.2, 0.25) is 10.0 Å². The predicted molar refractivity (Wildman–Crippen MR) is 96.8 cm³/mol. The standard InChI is InChI=1S/C18H13Cl2F4N3O2/c19-10-2-4-13(26-16(10)18(22,23)24)15(8-1-3-12(21)11(20)5-8)27-17(29)9-6-14(28)25-7-9/h1-5,9,15H,6-7H2,(H,25,28)(H,27,29)/t9-,15-/m0/s1. The molecule has 29 heavy (non-hydrogen) atoms. The third-order valence-corrected chi connectivity index (χ3v) is 4.94. The molecule has 1 saturated heterocycles. The molecule has 3 rings (SSSR count). The van der Waals surface area contributed by atoms with E-state index in [1.165, 1.54) is 18.2 Å². The number of nitrogens with one attached hydrogen (secondary N) is 2. The van der Waals surface area contributed by atoms with Gasteiger partial charge in [0.1, 0.15) is 5.82 Å². The van der Waals surface area contributed by atoms with Gasteiger partial charge < -0.3 is 10.6 Å². The smallest absolute Gasteiger partial charge is 0.355 e. The zero-order valence-electron chi connectivity index (χ0n) is 14.5. The molecule has 2 amide bonds. The lowest BCUT2D eigenvalue weighted by Gasteiger charge is -2.22. The van der Waals surface area contributed by atoms with E-state index in [1.807, 2.05) is 0 Å². The quantitative estimate of drug-likeness (QED) is 0.695. The van der Waals surface area contributed by atoms with E-state index in [0.717, 1.165) is 12.1 Å². The van der Waals surface area contributed by atoms with E-state index < -0.39 is 40.6 Å². The Hall–Kier alpha value is -2.39. The topological polar surface area (TPSA) is 71.1 Å². The molecular weight excluding hydrogens is 437 g/mol. The number of nitrogens with zero attached hydrogens (tertiary/aromatic N) is 1. The number of pyridine rings is 1. The van der Waals surface area contributed by atoms with E-state index >= 15 is 0 Å². The van der Waals surface area contributed by atoms with Gasteiger partial charge in [-0.15, -0.1) is 0 Å². The van der Waals surface area contributed by atoms with Crippen LogP contribution < -0.4 is 10.6 Å². The molecule has 154 valence electrons. The Balaban J connectivity index is 2.02. The van der Waals surface area contributed by atoms with Crippen LogP contribution in [-0.4, -0.2) is 23.3 Å². The van der Waals surface area contributed by atoms with Crippen molar-refractivity contribution in [3.05, 3.63) is 63.1 Å². The largest absolute Gasteiger partial charge is 0.434 e. The van der Waals surface area contributed by atoms with Crippen LogP contribution in [0.25, 0.3) is 0 Å². The molecule has 2 heterocycles. The highest BCUT2D eigenvalue weighted by molar-refractivity contribution is 6.31. The number of carbonyl (C=O) groups excluding carboxylic acids is 2. The van der Waals surface area contributed by atoms with Crippen molar-refractivity contribution in [3.8, 4) is 0 Å². The van der Waals surface area contributed by atoms with Crippen LogP contribution in [0.5, 0.6) is 0 Å². The van der Waals surface area contributed by atoms with E-state index in [9.17, 15) is 27.2 Å². The number of hydrogen-bond acceptors (Lipinski definition) is 3. The summed E-state index contributed by atoms with van der Waals surface area (Å²) >= 11 is 11.4. The number of alkyl halides is 3. The Morgan fingerprint density at radius 1 is 1.21 bits per heavy atom. The first-order chi connectivity index (χ1) is 13.6. The Bertz CT molecular complexity index is 969. The molecule has 1 fully saturated rings. The van der Waals surface area contributed by atoms with Gasteiger partial charge in [0.2, 0.25) is 11.8 Å². The number of benzene rings is 1. The molecule has 2 N–H and O–H groups in total. The lowest BCUT2D eigenvalue weighted by molar-refractivity contribution is -0.141. The molecule has 0 aliphatic carbocycles. The molecule has 2 atom stereocenters. The number of carbonyl (C=O) groups is 2. The zero-order valence-corrected chi connectivity index (χ0v) is 16.0. The van der Waals surface area contributed by atoms with Gasteiger partial charge in [-0.05, 0) is 29.8 Å². The van der Waals surface area contributed by atoms with Gasteiger partial charge in [-0.3, -0.25) is 9.59 Å². The first-order valence-electron chi connectivity index (χ1n) is 8.32. The number of amides is 2. The maximum Gasteiger partial charge on any atom is 0.434 e. The van der Waals surface area contributed by atoms with Gasteiger partial charge in [0.15, 0.2) is 5.69 Å².